The van der Waals surface area contributed by atoms with E-state index in [-0.39, 0.29) is 88.7 Å². The molecule has 0 rings (SSSR count). The first-order valence-corrected chi connectivity index (χ1v) is 5.74. The van der Waals surface area contributed by atoms with E-state index in [2.05, 4.69) is 0 Å². The van der Waals surface area contributed by atoms with Crippen molar-refractivity contribution in [3.63, 3.8) is 0 Å². The smallest absolute Gasteiger partial charge is 0.822 e. The second-order valence-corrected chi connectivity index (χ2v) is 4.02. The van der Waals surface area contributed by atoms with Crippen molar-refractivity contribution in [2.75, 3.05) is 6.54 Å². The van der Waals surface area contributed by atoms with Crippen LogP contribution in [0.2, 0.25) is 0 Å². The molecule has 0 spiro atoms. The Labute approximate surface area is 163 Å². The van der Waals surface area contributed by atoms with Crippen molar-refractivity contribution < 1.29 is 132 Å². The maximum absolute atomic E-state index is 9.86. The molecule has 0 aliphatic heterocycles. The van der Waals surface area contributed by atoms with Gasteiger partial charge in [0.25, 0.3) is 0 Å². The van der Waals surface area contributed by atoms with E-state index >= 15 is 0 Å². The summed E-state index contributed by atoms with van der Waals surface area (Å²) in [7, 11) is -9.74. The summed E-state index contributed by atoms with van der Waals surface area (Å²) >= 11 is 0. The summed E-state index contributed by atoms with van der Waals surface area (Å²) in [5.74, 6) is -1.31. The molecule has 17 heavy (non-hydrogen) atoms. The predicted octanol–water partition coefficient (Wildman–Crippen LogP) is -13.1. The molecule has 0 radical (unpaired) electrons. The molecule has 4 N–H and O–H groups in total. The number of carbonyl (C=O) groups is 1. The van der Waals surface area contributed by atoms with Gasteiger partial charge in [0.05, 0.1) is 0 Å². The van der Waals surface area contributed by atoms with Crippen LogP contribution in [0.5, 0.6) is 0 Å². The van der Waals surface area contributed by atoms with Gasteiger partial charge in [0.2, 0.25) is 0 Å². The second kappa shape index (κ2) is 15.1. The van der Waals surface area contributed by atoms with Crippen molar-refractivity contribution in [3.05, 3.63) is 0 Å². The maximum Gasteiger partial charge on any atom is 1.00 e. The monoisotopic (exact) mass is 319 g/mol. The summed E-state index contributed by atoms with van der Waals surface area (Å²) in [6, 6.07) is 0. The number of phosphoric acid groups is 1. The third-order valence-electron chi connectivity index (χ3n) is 0.436. The Kier molecular flexibility index (Phi) is 28.3. The predicted molar refractivity (Wildman–Crippen MR) is 35.3 cm³/mol. The van der Waals surface area contributed by atoms with Crippen molar-refractivity contribution in [2.24, 2.45) is 0 Å². The Balaban J connectivity index is -0.0000000533. The zero-order valence-corrected chi connectivity index (χ0v) is 17.2. The molecule has 0 heterocycles. The number of carboxylic acid groups (broad SMARTS) is 1. The molecule has 0 saturated carbocycles. The van der Waals surface area contributed by atoms with E-state index in [1.54, 1.807) is 0 Å². The Morgan fingerprint density at radius 2 is 1.29 bits per heavy atom. The summed E-state index contributed by atoms with van der Waals surface area (Å²) in [5, 5.41) is 9.36. The van der Waals surface area contributed by atoms with Crippen LogP contribution in [0.25, 0.3) is 0 Å². The van der Waals surface area contributed by atoms with E-state index < -0.39 is 28.1 Å². The van der Waals surface area contributed by atoms with Gasteiger partial charge in [-0.1, -0.05) is 0 Å². The van der Waals surface area contributed by atoms with Crippen molar-refractivity contribution in [1.29, 1.82) is 0 Å². The standard InChI is InChI=1S/C2H6NO5P.3Na.H3O4P/c4-2(5)1-3-9(6,7)8;;;;1-5(2,3)4/h1H2,(H,4,5)(H3,3,6,7,8);;;;(H3,1,2,3,4)/q;3*+1;/p-3. The van der Waals surface area contributed by atoms with Crippen LogP contribution in [-0.2, 0) is 13.9 Å². The van der Waals surface area contributed by atoms with Gasteiger partial charge in [-0.15, -0.1) is 0 Å². The number of rotatable bonds is 3. The molecule has 86 valence electrons. The summed E-state index contributed by atoms with van der Waals surface area (Å²) in [6.07, 6.45) is 0. The molecule has 10 nitrogen and oxygen atoms in total. The first kappa shape index (κ1) is 31.9. The molecule has 0 aliphatic carbocycles. The minimum Gasteiger partial charge on any atom is -0.822 e. The zero-order valence-electron chi connectivity index (χ0n) is 9.39. The minimum absolute atomic E-state index is 0. The van der Waals surface area contributed by atoms with Gasteiger partial charge in [-0.3, -0.25) is 4.79 Å². The molecule has 0 fully saturated rings. The van der Waals surface area contributed by atoms with Crippen LogP contribution in [-0.4, -0.2) is 27.4 Å². The molecular formula is C2H6NNa3O9P2. The summed E-state index contributed by atoms with van der Waals surface area (Å²) < 4.78 is 18.4. The molecule has 0 saturated heterocycles. The summed E-state index contributed by atoms with van der Waals surface area (Å²) in [5.41, 5.74) is 0. The molecular weight excluding hydrogens is 313 g/mol. The van der Waals surface area contributed by atoms with Gasteiger partial charge < -0.3 is 34.1 Å². The topological polar surface area (TPSA) is 193 Å². The number of hydrogen-bond donors (Lipinski definition) is 4. The number of hydrogen-bond acceptors (Lipinski definition) is 6. The molecule has 0 aliphatic rings. The Morgan fingerprint density at radius 3 is 1.35 bits per heavy atom. The van der Waals surface area contributed by atoms with E-state index in [9.17, 15) is 9.36 Å². The van der Waals surface area contributed by atoms with Gasteiger partial charge in [0.15, 0.2) is 0 Å². The van der Waals surface area contributed by atoms with Crippen molar-refractivity contribution in [1.82, 2.24) is 5.09 Å². The van der Waals surface area contributed by atoms with Crippen LogP contribution in [0.1, 0.15) is 0 Å². The van der Waals surface area contributed by atoms with Crippen LogP contribution < -0.4 is 108 Å². The van der Waals surface area contributed by atoms with Crippen LogP contribution in [0, 0.1) is 0 Å². The normalized spacial score (nSPS) is 9.47. The molecule has 0 aromatic carbocycles. The minimum atomic E-state index is -5.39. The van der Waals surface area contributed by atoms with Gasteiger partial charge in [-0.25, -0.2) is 9.65 Å². The first-order chi connectivity index (χ1) is 5.92. The molecule has 0 unspecified atom stereocenters. The molecule has 0 amide bonds. The fourth-order valence-corrected chi connectivity index (χ4v) is 0.512. The average Bonchev–Trinajstić information content (AvgIpc) is 1.77. The Morgan fingerprint density at radius 1 is 1.06 bits per heavy atom. The van der Waals surface area contributed by atoms with Crippen LogP contribution >= 0.6 is 15.6 Å². The zero-order chi connectivity index (χ0) is 12.0. The first-order valence-electron chi connectivity index (χ1n) is 2.67. The van der Waals surface area contributed by atoms with E-state index in [1.165, 1.54) is 5.09 Å². The van der Waals surface area contributed by atoms with E-state index in [0.29, 0.717) is 0 Å². The SMILES string of the molecule is O=C(O)CNP(=O)(O)O.O=P([O-])([O-])[O-].[Na+].[Na+].[Na+]. The third-order valence-corrected chi connectivity index (χ3v) is 1.01. The van der Waals surface area contributed by atoms with Crippen LogP contribution in [0.3, 0.4) is 0 Å². The molecule has 0 bridgehead atoms. The second-order valence-electron chi connectivity index (χ2n) is 1.72. The Hall–Kier alpha value is 2.69. The number of aliphatic carboxylic acids is 1. The summed E-state index contributed by atoms with van der Waals surface area (Å²) in [6.45, 7) is -0.732. The van der Waals surface area contributed by atoms with Gasteiger partial charge in [0.1, 0.15) is 6.54 Å². The van der Waals surface area contributed by atoms with Crippen LogP contribution in [0.15, 0.2) is 0 Å². The van der Waals surface area contributed by atoms with Gasteiger partial charge in [-0.2, -0.15) is 7.82 Å². The Bertz CT molecular complexity index is 265. The summed E-state index contributed by atoms with van der Waals surface area (Å²) in [4.78, 5) is 51.3. The van der Waals surface area contributed by atoms with Crippen molar-refractivity contribution >= 4 is 21.5 Å². The van der Waals surface area contributed by atoms with E-state index in [4.69, 9.17) is 34.1 Å². The number of carboxylic acids is 1. The van der Waals surface area contributed by atoms with E-state index in [0.717, 1.165) is 0 Å². The fourth-order valence-electron chi connectivity index (χ4n) is 0.171. The van der Waals surface area contributed by atoms with Gasteiger partial charge in [0, 0.05) is 0 Å². The quantitative estimate of drug-likeness (QED) is 0.286. The molecule has 0 aromatic heterocycles. The molecule has 15 heteroatoms. The number of nitrogens with one attached hydrogen (secondary N) is 1. The third kappa shape index (κ3) is 68.9. The largest absolute Gasteiger partial charge is 1.00 e. The van der Waals surface area contributed by atoms with Crippen molar-refractivity contribution in [2.45, 2.75) is 0 Å². The van der Waals surface area contributed by atoms with E-state index in [1.807, 2.05) is 0 Å². The van der Waals surface area contributed by atoms with Gasteiger partial charge >= 0.3 is 102 Å². The van der Waals surface area contributed by atoms with Crippen LogP contribution in [0.4, 0.5) is 0 Å². The fraction of sp³-hybridized carbons (Fsp3) is 0.500. The molecule has 0 atom stereocenters. The van der Waals surface area contributed by atoms with Crippen molar-refractivity contribution in [3.8, 4) is 0 Å². The average molecular weight is 319 g/mol. The maximum atomic E-state index is 9.86. The van der Waals surface area contributed by atoms with Gasteiger partial charge in [-0.05, 0) is 0 Å². The molecule has 0 aromatic rings.